The number of anilines is 1. The number of fused-ring (bicyclic) bond motifs is 1. The second-order valence-corrected chi connectivity index (χ2v) is 7.44. The van der Waals surface area contributed by atoms with Gasteiger partial charge in [0.25, 0.3) is 5.91 Å². The van der Waals surface area contributed by atoms with Crippen molar-refractivity contribution in [2.24, 2.45) is 5.92 Å². The van der Waals surface area contributed by atoms with Gasteiger partial charge in [-0.15, -0.1) is 9.42 Å². The van der Waals surface area contributed by atoms with Gasteiger partial charge in [0.2, 0.25) is 0 Å². The van der Waals surface area contributed by atoms with Crippen LogP contribution >= 0.6 is 8.25 Å². The second-order valence-electron chi connectivity index (χ2n) is 6.71. The fraction of sp³-hybridized carbons (Fsp3) is 0.333. The zero-order valence-corrected chi connectivity index (χ0v) is 16.6. The van der Waals surface area contributed by atoms with Crippen LogP contribution in [0.5, 0.6) is 0 Å². The molecule has 1 aliphatic heterocycles. The molecule has 3 heterocycles. The molecule has 1 aliphatic rings. The van der Waals surface area contributed by atoms with Crippen molar-refractivity contribution >= 4 is 31.1 Å². The summed E-state index contributed by atoms with van der Waals surface area (Å²) in [5, 5.41) is 12.3. The van der Waals surface area contributed by atoms with Crippen LogP contribution < -0.4 is 5.32 Å². The molecular weight excluding hydrogens is 413 g/mol. The third-order valence-electron chi connectivity index (χ3n) is 4.88. The number of nitrogens with zero attached hydrogens (tertiary/aromatic N) is 4. The Morgan fingerprint density at radius 2 is 2.10 bits per heavy atom. The molecule has 4 atom stereocenters. The minimum absolute atomic E-state index is 0.0204. The molecule has 0 spiro atoms. The van der Waals surface area contributed by atoms with Gasteiger partial charge in [-0.1, -0.05) is 18.2 Å². The first kappa shape index (κ1) is 20.5. The summed E-state index contributed by atoms with van der Waals surface area (Å²) < 4.78 is 23.2. The van der Waals surface area contributed by atoms with Gasteiger partial charge in [0.1, 0.15) is 19.2 Å². The normalized spacial score (nSPS) is 21.7. The highest BCUT2D eigenvalue weighted by Crippen LogP contribution is 2.36. The van der Waals surface area contributed by atoms with Gasteiger partial charge in [0.05, 0.1) is 19.0 Å². The van der Waals surface area contributed by atoms with Crippen LogP contribution in [0, 0.1) is 5.92 Å². The molecule has 1 saturated heterocycles. The quantitative estimate of drug-likeness (QED) is 0.474. The number of carbonyl (C=O) groups is 1. The predicted octanol–water partition coefficient (Wildman–Crippen LogP) is 1.64. The van der Waals surface area contributed by atoms with Crippen LogP contribution in [0.2, 0.25) is 0 Å². The summed E-state index contributed by atoms with van der Waals surface area (Å²) in [4.78, 5) is 34.0. The molecule has 11 nitrogen and oxygen atoms in total. The van der Waals surface area contributed by atoms with Crippen molar-refractivity contribution in [1.82, 2.24) is 19.5 Å². The van der Waals surface area contributed by atoms with E-state index in [1.165, 1.54) is 12.7 Å². The summed E-state index contributed by atoms with van der Waals surface area (Å²) in [6, 6.07) is 8.73. The third kappa shape index (κ3) is 4.20. The van der Waals surface area contributed by atoms with Gasteiger partial charge in [0.15, 0.2) is 17.0 Å². The average Bonchev–Trinajstić information content (AvgIpc) is 3.37. The number of hydrogen-bond donors (Lipinski definition) is 3. The average molecular weight is 432 g/mol. The van der Waals surface area contributed by atoms with Gasteiger partial charge in [0, 0.05) is 22.5 Å². The highest BCUT2D eigenvalue weighted by Gasteiger charge is 2.38. The van der Waals surface area contributed by atoms with Crippen molar-refractivity contribution < 1.29 is 28.6 Å². The van der Waals surface area contributed by atoms with Crippen LogP contribution in [0.1, 0.15) is 23.0 Å². The van der Waals surface area contributed by atoms with E-state index in [0.29, 0.717) is 23.1 Å². The zero-order chi connectivity index (χ0) is 21.1. The molecule has 1 fully saturated rings. The number of nitrogens with one attached hydrogen (secondary N) is 1. The number of hydrogen-bond acceptors (Lipinski definition) is 8. The number of benzene rings is 1. The van der Waals surface area contributed by atoms with E-state index in [1.807, 2.05) is 6.07 Å². The largest absolute Gasteiger partial charge is 0.694 e. The number of aliphatic hydroxyl groups is 1. The highest BCUT2D eigenvalue weighted by atomic mass is 31.1. The SMILES string of the molecule is O=C(Nc1ncnc2c1ncn2C1C[C@H](CO[P+](=O)O)[C@@H](CO)O1)c1ccccc1. The van der Waals surface area contributed by atoms with Crippen molar-refractivity contribution in [1.29, 1.82) is 0 Å². The second kappa shape index (κ2) is 8.90. The molecule has 1 aromatic carbocycles. The zero-order valence-electron chi connectivity index (χ0n) is 15.7. The van der Waals surface area contributed by atoms with Gasteiger partial charge in [-0.2, -0.15) is 0 Å². The summed E-state index contributed by atoms with van der Waals surface area (Å²) in [6.45, 7) is -0.278. The highest BCUT2D eigenvalue weighted by molar-refractivity contribution is 7.32. The lowest BCUT2D eigenvalue weighted by atomic mass is 10.0. The van der Waals surface area contributed by atoms with Crippen LogP contribution in [-0.4, -0.2) is 54.7 Å². The smallest absolute Gasteiger partial charge is 0.394 e. The van der Waals surface area contributed by atoms with Crippen LogP contribution in [-0.2, 0) is 13.8 Å². The van der Waals surface area contributed by atoms with Crippen molar-refractivity contribution in [2.75, 3.05) is 18.5 Å². The molecule has 3 N–H and O–H groups in total. The predicted molar refractivity (Wildman–Crippen MR) is 105 cm³/mol. The summed E-state index contributed by atoms with van der Waals surface area (Å²) in [7, 11) is -2.73. The number of rotatable bonds is 7. The molecule has 0 radical (unpaired) electrons. The number of amides is 1. The molecule has 1 amide bonds. The monoisotopic (exact) mass is 432 g/mol. The van der Waals surface area contributed by atoms with E-state index in [-0.39, 0.29) is 30.9 Å². The molecule has 156 valence electrons. The Balaban J connectivity index is 1.56. The molecule has 30 heavy (non-hydrogen) atoms. The van der Waals surface area contributed by atoms with E-state index in [2.05, 4.69) is 20.3 Å². The number of aliphatic hydroxyl groups excluding tert-OH is 1. The van der Waals surface area contributed by atoms with Crippen LogP contribution in [0.25, 0.3) is 11.2 Å². The minimum atomic E-state index is -2.73. The van der Waals surface area contributed by atoms with Crippen LogP contribution in [0.3, 0.4) is 0 Å². The Hall–Kier alpha value is -2.82. The lowest BCUT2D eigenvalue weighted by Crippen LogP contribution is -2.23. The Morgan fingerprint density at radius 3 is 2.83 bits per heavy atom. The molecular formula is C18H19N5O6P+. The summed E-state index contributed by atoms with van der Waals surface area (Å²) >= 11 is 0. The molecule has 12 heteroatoms. The lowest BCUT2D eigenvalue weighted by Gasteiger charge is -2.14. The molecule has 2 unspecified atom stereocenters. The van der Waals surface area contributed by atoms with Crippen molar-refractivity contribution in [3.63, 3.8) is 0 Å². The van der Waals surface area contributed by atoms with Crippen LogP contribution in [0.15, 0.2) is 43.0 Å². The van der Waals surface area contributed by atoms with E-state index in [9.17, 15) is 14.5 Å². The van der Waals surface area contributed by atoms with Gasteiger partial charge >= 0.3 is 8.25 Å². The van der Waals surface area contributed by atoms with Gasteiger partial charge < -0.3 is 15.2 Å². The topological polar surface area (TPSA) is 149 Å². The molecule has 2 aromatic heterocycles. The maximum Gasteiger partial charge on any atom is 0.694 e. The number of carbonyl (C=O) groups excluding carboxylic acids is 1. The number of aromatic nitrogens is 4. The molecule has 0 saturated carbocycles. The first-order valence-electron chi connectivity index (χ1n) is 9.16. The van der Waals surface area contributed by atoms with Crippen molar-refractivity contribution in [3.05, 3.63) is 48.5 Å². The molecule has 3 aromatic rings. The Labute approximate surface area is 171 Å². The number of imidazole rings is 1. The van der Waals surface area contributed by atoms with E-state index < -0.39 is 20.6 Å². The van der Waals surface area contributed by atoms with Gasteiger partial charge in [-0.3, -0.25) is 9.36 Å². The lowest BCUT2D eigenvalue weighted by molar-refractivity contribution is -0.0325. The Morgan fingerprint density at radius 1 is 1.30 bits per heavy atom. The minimum Gasteiger partial charge on any atom is -0.394 e. The summed E-state index contributed by atoms with van der Waals surface area (Å²) in [5.74, 6) is -0.331. The summed E-state index contributed by atoms with van der Waals surface area (Å²) in [6.07, 6.45) is 2.20. The maximum absolute atomic E-state index is 12.5. The third-order valence-corrected chi connectivity index (χ3v) is 5.25. The Bertz CT molecular complexity index is 1060. The van der Waals surface area contributed by atoms with Crippen molar-refractivity contribution in [2.45, 2.75) is 18.8 Å². The van der Waals surface area contributed by atoms with Gasteiger partial charge in [-0.25, -0.2) is 15.0 Å². The first-order valence-corrected chi connectivity index (χ1v) is 10.3. The van der Waals surface area contributed by atoms with E-state index in [0.717, 1.165) is 0 Å². The Kier molecular flexibility index (Phi) is 6.07. The number of ether oxygens (including phenoxy) is 1. The molecule has 0 bridgehead atoms. The van der Waals surface area contributed by atoms with E-state index >= 15 is 0 Å². The maximum atomic E-state index is 12.5. The van der Waals surface area contributed by atoms with E-state index in [4.69, 9.17) is 14.2 Å². The molecule has 0 aliphatic carbocycles. The fourth-order valence-corrected chi connectivity index (χ4v) is 3.73. The van der Waals surface area contributed by atoms with Crippen LogP contribution in [0.4, 0.5) is 5.82 Å². The summed E-state index contributed by atoms with van der Waals surface area (Å²) in [5.41, 5.74) is 1.33. The van der Waals surface area contributed by atoms with E-state index in [1.54, 1.807) is 28.8 Å². The van der Waals surface area contributed by atoms with Crippen molar-refractivity contribution in [3.8, 4) is 0 Å². The first-order chi connectivity index (χ1) is 14.6. The standard InChI is InChI=1S/C18H18N5O6P/c24-7-13-12(8-28-30(26)27)6-14(29-13)23-10-21-15-16(19-9-20-17(15)23)22-18(25)11-4-2-1-3-5-11/h1-5,9-10,12-14,24H,6-8H2,(H-,19,20,22,25,26,27)/p+1/t12-,13-,14?/m1/s1. The molecule has 4 rings (SSSR count). The van der Waals surface area contributed by atoms with Gasteiger partial charge in [-0.05, 0) is 12.1 Å². The fourth-order valence-electron chi connectivity index (χ4n) is 3.41.